The first-order valence-electron chi connectivity index (χ1n) is 4.49. The molecule has 2 aromatic heterocycles. The van der Waals surface area contributed by atoms with E-state index < -0.39 is 0 Å². The molecule has 1 N–H and O–H groups in total. The molecule has 4 nitrogen and oxygen atoms in total. The highest BCUT2D eigenvalue weighted by molar-refractivity contribution is 7.97. The van der Waals surface area contributed by atoms with E-state index in [9.17, 15) is 0 Å². The number of hydrogen-bond acceptors (Lipinski definition) is 6. The highest BCUT2D eigenvalue weighted by Gasteiger charge is 2.03. The molecule has 2 aromatic rings. The van der Waals surface area contributed by atoms with Gasteiger partial charge in [-0.2, -0.15) is 0 Å². The Balaban J connectivity index is 1.78. The Hall–Kier alpha value is -1.01. The monoisotopic (exact) mass is 241 g/mol. The van der Waals surface area contributed by atoms with Gasteiger partial charge in [0.1, 0.15) is 10.8 Å². The summed E-state index contributed by atoms with van der Waals surface area (Å²) in [7, 11) is 1.85. The molecule has 0 aliphatic rings. The molecule has 0 fully saturated rings. The summed E-state index contributed by atoms with van der Waals surface area (Å²) in [6.45, 7) is 0. The van der Waals surface area contributed by atoms with Gasteiger partial charge in [-0.15, -0.1) is 22.0 Å². The average molecular weight is 241 g/mol. The van der Waals surface area contributed by atoms with Gasteiger partial charge < -0.3 is 9.73 Å². The van der Waals surface area contributed by atoms with Crippen molar-refractivity contribution in [3.63, 3.8) is 0 Å². The van der Waals surface area contributed by atoms with Gasteiger partial charge in [0.25, 0.3) is 0 Å². The second kappa shape index (κ2) is 5.18. The van der Waals surface area contributed by atoms with Crippen LogP contribution in [0.1, 0.15) is 10.8 Å². The largest absolute Gasteiger partial charge is 0.468 e. The maximum Gasteiger partial charge on any atom is 0.205 e. The molecule has 0 aliphatic carbocycles. The average Bonchev–Trinajstić information content (AvgIpc) is 2.88. The zero-order valence-corrected chi connectivity index (χ0v) is 9.90. The van der Waals surface area contributed by atoms with E-state index in [0.29, 0.717) is 0 Å². The summed E-state index contributed by atoms with van der Waals surface area (Å²) in [5.74, 6) is 2.75. The second-order valence-corrected chi connectivity index (χ2v) is 4.87. The second-order valence-electron chi connectivity index (χ2n) is 2.82. The zero-order chi connectivity index (χ0) is 10.5. The van der Waals surface area contributed by atoms with Crippen molar-refractivity contribution < 1.29 is 4.42 Å². The number of anilines is 1. The standard InChI is InChI=1S/C9H11N3OS2/c1-10-9-12-11-8(15-9)6-14-5-7-3-2-4-13-7/h2-4H,5-6H2,1H3,(H,10,12). The Morgan fingerprint density at radius 2 is 2.40 bits per heavy atom. The number of aromatic nitrogens is 2. The van der Waals surface area contributed by atoms with Crippen LogP contribution >= 0.6 is 23.1 Å². The number of furan rings is 1. The molecule has 15 heavy (non-hydrogen) atoms. The van der Waals surface area contributed by atoms with Crippen molar-refractivity contribution in [3.05, 3.63) is 29.2 Å². The third-order valence-electron chi connectivity index (χ3n) is 1.73. The van der Waals surface area contributed by atoms with Crippen LogP contribution in [-0.4, -0.2) is 17.2 Å². The molecular formula is C9H11N3OS2. The number of rotatable bonds is 5. The number of nitrogens with one attached hydrogen (secondary N) is 1. The van der Waals surface area contributed by atoms with Gasteiger partial charge in [-0.25, -0.2) is 0 Å². The molecule has 0 aromatic carbocycles. The summed E-state index contributed by atoms with van der Waals surface area (Å²) in [5, 5.41) is 12.9. The van der Waals surface area contributed by atoms with Crippen molar-refractivity contribution in [2.45, 2.75) is 11.5 Å². The molecule has 0 aliphatic heterocycles. The maximum absolute atomic E-state index is 5.23. The summed E-state index contributed by atoms with van der Waals surface area (Å²) in [4.78, 5) is 0. The SMILES string of the molecule is CNc1nnc(CSCc2ccco2)s1. The summed E-state index contributed by atoms with van der Waals surface area (Å²) in [6.07, 6.45) is 1.69. The van der Waals surface area contributed by atoms with Crippen LogP contribution in [0.2, 0.25) is 0 Å². The molecule has 0 saturated heterocycles. The molecule has 0 atom stereocenters. The fraction of sp³-hybridized carbons (Fsp3) is 0.333. The number of thioether (sulfide) groups is 1. The van der Waals surface area contributed by atoms with E-state index in [1.165, 1.54) is 0 Å². The molecule has 6 heteroatoms. The zero-order valence-electron chi connectivity index (χ0n) is 8.27. The molecule has 0 spiro atoms. The van der Waals surface area contributed by atoms with E-state index in [-0.39, 0.29) is 0 Å². The van der Waals surface area contributed by atoms with Crippen LogP contribution in [0.15, 0.2) is 22.8 Å². The predicted molar refractivity (Wildman–Crippen MR) is 63.2 cm³/mol. The summed E-state index contributed by atoms with van der Waals surface area (Å²) in [5.41, 5.74) is 0. The molecular weight excluding hydrogens is 230 g/mol. The molecule has 2 heterocycles. The third-order valence-corrected chi connectivity index (χ3v) is 3.82. The highest BCUT2D eigenvalue weighted by atomic mass is 32.2. The van der Waals surface area contributed by atoms with Crippen molar-refractivity contribution in [1.82, 2.24) is 10.2 Å². The minimum Gasteiger partial charge on any atom is -0.468 e. The van der Waals surface area contributed by atoms with Crippen molar-refractivity contribution in [3.8, 4) is 0 Å². The van der Waals surface area contributed by atoms with E-state index in [1.807, 2.05) is 19.2 Å². The van der Waals surface area contributed by atoms with E-state index in [2.05, 4.69) is 15.5 Å². The van der Waals surface area contributed by atoms with E-state index in [1.54, 1.807) is 29.4 Å². The Labute approximate surface area is 96.1 Å². The Morgan fingerprint density at radius 1 is 1.47 bits per heavy atom. The molecule has 0 bridgehead atoms. The van der Waals surface area contributed by atoms with E-state index in [4.69, 9.17) is 4.42 Å². The lowest BCUT2D eigenvalue weighted by Crippen LogP contribution is -1.84. The third kappa shape index (κ3) is 2.97. The quantitative estimate of drug-likeness (QED) is 0.872. The van der Waals surface area contributed by atoms with Gasteiger partial charge in [0.2, 0.25) is 5.13 Å². The van der Waals surface area contributed by atoms with Crippen LogP contribution in [0.3, 0.4) is 0 Å². The van der Waals surface area contributed by atoms with Crippen molar-refractivity contribution in [2.24, 2.45) is 0 Å². The lowest BCUT2D eigenvalue weighted by atomic mass is 10.5. The van der Waals surface area contributed by atoms with Gasteiger partial charge in [-0.3, -0.25) is 0 Å². The normalized spacial score (nSPS) is 10.5. The first kappa shape index (κ1) is 10.5. The number of hydrogen-bond donors (Lipinski definition) is 1. The highest BCUT2D eigenvalue weighted by Crippen LogP contribution is 2.22. The molecule has 0 radical (unpaired) electrons. The minimum atomic E-state index is 0.864. The number of nitrogens with zero attached hydrogens (tertiary/aromatic N) is 2. The first-order valence-corrected chi connectivity index (χ1v) is 6.46. The fourth-order valence-corrected chi connectivity index (χ4v) is 2.72. The van der Waals surface area contributed by atoms with Crippen molar-refractivity contribution in [2.75, 3.05) is 12.4 Å². The van der Waals surface area contributed by atoms with E-state index in [0.717, 1.165) is 27.4 Å². The Morgan fingerprint density at radius 3 is 3.07 bits per heavy atom. The fourth-order valence-electron chi connectivity index (χ4n) is 1.05. The Bertz CT molecular complexity index is 399. The van der Waals surface area contributed by atoms with Crippen LogP contribution in [-0.2, 0) is 11.5 Å². The smallest absolute Gasteiger partial charge is 0.205 e. The van der Waals surface area contributed by atoms with Gasteiger partial charge in [-0.1, -0.05) is 11.3 Å². The molecule has 2 rings (SSSR count). The lowest BCUT2D eigenvalue weighted by molar-refractivity contribution is 0.530. The van der Waals surface area contributed by atoms with Crippen LogP contribution in [0, 0.1) is 0 Å². The predicted octanol–water partition coefficient (Wildman–Crippen LogP) is 2.61. The molecule has 0 unspecified atom stereocenters. The van der Waals surface area contributed by atoms with Gasteiger partial charge in [-0.05, 0) is 12.1 Å². The van der Waals surface area contributed by atoms with Crippen LogP contribution in [0.4, 0.5) is 5.13 Å². The van der Waals surface area contributed by atoms with E-state index >= 15 is 0 Å². The van der Waals surface area contributed by atoms with Crippen molar-refractivity contribution >= 4 is 28.2 Å². The van der Waals surface area contributed by atoms with Crippen molar-refractivity contribution in [1.29, 1.82) is 0 Å². The lowest BCUT2D eigenvalue weighted by Gasteiger charge is -1.94. The summed E-state index contributed by atoms with van der Waals surface area (Å²) in [6, 6.07) is 3.88. The Kier molecular flexibility index (Phi) is 3.63. The molecule has 80 valence electrons. The molecule has 0 saturated carbocycles. The van der Waals surface area contributed by atoms with Gasteiger partial charge >= 0.3 is 0 Å². The van der Waals surface area contributed by atoms with Gasteiger partial charge in [0, 0.05) is 12.8 Å². The van der Waals surface area contributed by atoms with Gasteiger partial charge in [0.05, 0.1) is 12.0 Å². The maximum atomic E-state index is 5.23. The van der Waals surface area contributed by atoms with Gasteiger partial charge in [0.15, 0.2) is 0 Å². The molecule has 0 amide bonds. The van der Waals surface area contributed by atoms with Crippen LogP contribution in [0.5, 0.6) is 0 Å². The topological polar surface area (TPSA) is 51.0 Å². The minimum absolute atomic E-state index is 0.864. The van der Waals surface area contributed by atoms with Crippen LogP contribution < -0.4 is 5.32 Å². The van der Waals surface area contributed by atoms with Crippen LogP contribution in [0.25, 0.3) is 0 Å². The summed E-state index contributed by atoms with van der Waals surface area (Å²) < 4.78 is 5.23. The summed E-state index contributed by atoms with van der Waals surface area (Å²) >= 11 is 3.36. The first-order chi connectivity index (χ1) is 7.38.